The third kappa shape index (κ3) is 4.28. The van der Waals surface area contributed by atoms with Crippen molar-refractivity contribution in [2.24, 2.45) is 0 Å². The Morgan fingerprint density at radius 3 is 2.78 bits per heavy atom. The van der Waals surface area contributed by atoms with Crippen LogP contribution in [0.15, 0.2) is 46.7 Å². The van der Waals surface area contributed by atoms with E-state index in [1.165, 1.54) is 24.5 Å². The molecule has 0 aliphatic carbocycles. The molecule has 0 unspecified atom stereocenters. The molecular weight excluding hydrogens is 450 g/mol. The number of aryl methyl sites for hydroxylation is 1. The van der Waals surface area contributed by atoms with E-state index in [1.54, 1.807) is 29.3 Å². The van der Waals surface area contributed by atoms with Crippen LogP contribution in [0.1, 0.15) is 18.9 Å². The second-order valence-corrected chi connectivity index (χ2v) is 9.83. The summed E-state index contributed by atoms with van der Waals surface area (Å²) in [4.78, 5) is 18.5. The summed E-state index contributed by atoms with van der Waals surface area (Å²) < 4.78 is 38.9. The van der Waals surface area contributed by atoms with E-state index in [0.29, 0.717) is 29.4 Å². The van der Waals surface area contributed by atoms with Crippen LogP contribution in [0.4, 0.5) is 10.8 Å². The van der Waals surface area contributed by atoms with Crippen LogP contribution in [-0.4, -0.2) is 39.6 Å². The van der Waals surface area contributed by atoms with Gasteiger partial charge in [0, 0.05) is 17.5 Å². The van der Waals surface area contributed by atoms with E-state index < -0.39 is 10.0 Å². The van der Waals surface area contributed by atoms with E-state index in [4.69, 9.17) is 9.47 Å². The van der Waals surface area contributed by atoms with Gasteiger partial charge in [0.1, 0.15) is 11.5 Å². The maximum absolute atomic E-state index is 12.8. The van der Waals surface area contributed by atoms with Gasteiger partial charge in [0.05, 0.1) is 23.4 Å². The van der Waals surface area contributed by atoms with Crippen molar-refractivity contribution in [3.63, 3.8) is 0 Å². The van der Waals surface area contributed by atoms with Gasteiger partial charge in [0.2, 0.25) is 0 Å². The third-order valence-electron chi connectivity index (χ3n) is 5.05. The number of carbonyl (C=O) groups is 1. The van der Waals surface area contributed by atoms with E-state index >= 15 is 0 Å². The molecule has 0 fully saturated rings. The summed E-state index contributed by atoms with van der Waals surface area (Å²) in [7, 11) is -2.26. The zero-order chi connectivity index (χ0) is 22.9. The zero-order valence-corrected chi connectivity index (χ0v) is 19.5. The Labute approximate surface area is 190 Å². The molecule has 32 heavy (non-hydrogen) atoms. The van der Waals surface area contributed by atoms with Crippen molar-refractivity contribution in [2.45, 2.75) is 25.2 Å². The summed E-state index contributed by atoms with van der Waals surface area (Å²) in [5, 5.41) is 2.03. The van der Waals surface area contributed by atoms with Crippen molar-refractivity contribution >= 4 is 38.1 Å². The van der Waals surface area contributed by atoms with Crippen molar-refractivity contribution in [3.05, 3.63) is 47.3 Å². The van der Waals surface area contributed by atoms with Crippen molar-refractivity contribution in [2.75, 3.05) is 29.9 Å². The van der Waals surface area contributed by atoms with Gasteiger partial charge in [-0.2, -0.15) is 0 Å². The molecule has 0 bridgehead atoms. The number of anilines is 2. The number of aromatic nitrogens is 1. The molecule has 2 heterocycles. The minimum absolute atomic E-state index is 0.0276. The topological polar surface area (TPSA) is 97.8 Å². The van der Waals surface area contributed by atoms with Crippen LogP contribution in [-0.2, 0) is 14.8 Å². The van der Waals surface area contributed by atoms with Gasteiger partial charge in [-0.25, -0.2) is 13.4 Å². The van der Waals surface area contributed by atoms with Gasteiger partial charge in [-0.05, 0) is 55.3 Å². The summed E-state index contributed by atoms with van der Waals surface area (Å²) in [6, 6.07) is 10.2. The Balaban J connectivity index is 1.59. The quantitative estimate of drug-likeness (QED) is 0.556. The molecule has 2 aromatic carbocycles. The highest BCUT2D eigenvalue weighted by atomic mass is 32.2. The first kappa shape index (κ1) is 22.1. The molecule has 1 N–H and O–H groups in total. The molecule has 1 aliphatic heterocycles. The number of rotatable bonds is 7. The van der Waals surface area contributed by atoms with Gasteiger partial charge in [0.25, 0.3) is 15.9 Å². The molecular formula is C22H23N3O5S2. The highest BCUT2D eigenvalue weighted by Crippen LogP contribution is 2.37. The third-order valence-corrected chi connectivity index (χ3v) is 7.27. The van der Waals surface area contributed by atoms with Gasteiger partial charge < -0.3 is 14.4 Å². The van der Waals surface area contributed by atoms with Crippen LogP contribution in [0.25, 0.3) is 11.3 Å². The lowest BCUT2D eigenvalue weighted by Crippen LogP contribution is -2.39. The summed E-state index contributed by atoms with van der Waals surface area (Å²) in [5.41, 5.74) is 2.79. The lowest BCUT2D eigenvalue weighted by atomic mass is 10.1. The Bertz CT molecular complexity index is 1270. The van der Waals surface area contributed by atoms with Crippen LogP contribution in [0.2, 0.25) is 0 Å². The van der Waals surface area contributed by atoms with E-state index in [-0.39, 0.29) is 22.5 Å². The molecule has 1 aromatic heterocycles. The largest absolute Gasteiger partial charge is 0.496 e. The number of sulfonamides is 1. The summed E-state index contributed by atoms with van der Waals surface area (Å²) >= 11 is 1.19. The van der Waals surface area contributed by atoms with Crippen molar-refractivity contribution in [1.82, 2.24) is 4.98 Å². The lowest BCUT2D eigenvalue weighted by molar-refractivity contribution is -0.121. The second-order valence-electron chi connectivity index (χ2n) is 7.29. The Kier molecular flexibility index (Phi) is 6.07. The monoisotopic (exact) mass is 473 g/mol. The van der Waals surface area contributed by atoms with Crippen LogP contribution < -0.4 is 19.1 Å². The standard InChI is InChI=1S/C22H23N3O5S2/c1-4-9-25-18-11-15(5-7-20(18)30-12-21(25)26)17-13-31-22(23-17)24-32(27,28)16-6-8-19(29-3)14(2)10-16/h5-8,10-11,13H,4,9,12H2,1-3H3,(H,23,24). The number of hydrogen-bond acceptors (Lipinski definition) is 7. The second kappa shape index (κ2) is 8.79. The molecule has 4 rings (SSSR count). The minimum Gasteiger partial charge on any atom is -0.496 e. The fraction of sp³-hybridized carbons (Fsp3) is 0.273. The van der Waals surface area contributed by atoms with E-state index in [9.17, 15) is 13.2 Å². The van der Waals surface area contributed by atoms with Gasteiger partial charge in [-0.3, -0.25) is 9.52 Å². The minimum atomic E-state index is -3.80. The van der Waals surface area contributed by atoms with Gasteiger partial charge in [-0.1, -0.05) is 6.92 Å². The van der Waals surface area contributed by atoms with Gasteiger partial charge >= 0.3 is 0 Å². The number of methoxy groups -OCH3 is 1. The van der Waals surface area contributed by atoms with Crippen molar-refractivity contribution < 1.29 is 22.7 Å². The van der Waals surface area contributed by atoms with Crippen molar-refractivity contribution in [1.29, 1.82) is 0 Å². The SMILES string of the molecule is CCCN1C(=O)COc2ccc(-c3csc(NS(=O)(=O)c4ccc(OC)c(C)c4)n3)cc21. The molecule has 0 radical (unpaired) electrons. The molecule has 0 saturated carbocycles. The number of ether oxygens (including phenoxy) is 2. The first-order valence-electron chi connectivity index (χ1n) is 10.0. The molecule has 1 aliphatic rings. The average Bonchev–Trinajstić information content (AvgIpc) is 3.23. The van der Waals surface area contributed by atoms with Gasteiger partial charge in [-0.15, -0.1) is 11.3 Å². The van der Waals surface area contributed by atoms with Gasteiger partial charge in [0.15, 0.2) is 11.7 Å². The number of thiazole rings is 1. The predicted molar refractivity (Wildman–Crippen MR) is 124 cm³/mol. The fourth-order valence-corrected chi connectivity index (χ4v) is 5.53. The molecule has 168 valence electrons. The van der Waals surface area contributed by atoms with E-state index in [1.807, 2.05) is 25.1 Å². The molecule has 8 nitrogen and oxygen atoms in total. The first-order valence-corrected chi connectivity index (χ1v) is 12.4. The van der Waals surface area contributed by atoms with Crippen LogP contribution >= 0.6 is 11.3 Å². The van der Waals surface area contributed by atoms with Crippen LogP contribution in [0.5, 0.6) is 11.5 Å². The van der Waals surface area contributed by atoms with E-state index in [2.05, 4.69) is 9.71 Å². The maximum Gasteiger partial charge on any atom is 0.265 e. The smallest absolute Gasteiger partial charge is 0.265 e. The molecule has 1 amide bonds. The summed E-state index contributed by atoms with van der Waals surface area (Å²) in [6.07, 6.45) is 0.822. The first-order chi connectivity index (χ1) is 15.3. The van der Waals surface area contributed by atoms with E-state index in [0.717, 1.165) is 17.5 Å². The summed E-state index contributed by atoms with van der Waals surface area (Å²) in [6.45, 7) is 4.42. The van der Waals surface area contributed by atoms with Crippen molar-refractivity contribution in [3.8, 4) is 22.8 Å². The number of nitrogens with one attached hydrogen (secondary N) is 1. The molecule has 0 spiro atoms. The number of nitrogens with zero attached hydrogens (tertiary/aromatic N) is 2. The number of hydrogen-bond donors (Lipinski definition) is 1. The number of amides is 1. The normalized spacial score (nSPS) is 13.5. The highest BCUT2D eigenvalue weighted by molar-refractivity contribution is 7.93. The maximum atomic E-state index is 12.8. The Morgan fingerprint density at radius 1 is 1.25 bits per heavy atom. The highest BCUT2D eigenvalue weighted by Gasteiger charge is 2.25. The number of benzene rings is 2. The molecule has 0 atom stereocenters. The van der Waals surface area contributed by atoms with Crippen LogP contribution in [0.3, 0.4) is 0 Å². The molecule has 0 saturated heterocycles. The predicted octanol–water partition coefficient (Wildman–Crippen LogP) is 4.06. The zero-order valence-electron chi connectivity index (χ0n) is 17.9. The Hall–Kier alpha value is -3.11. The number of carbonyl (C=O) groups excluding carboxylic acids is 1. The average molecular weight is 474 g/mol. The molecule has 10 heteroatoms. The molecule has 3 aromatic rings. The fourth-order valence-electron chi connectivity index (χ4n) is 3.48. The Morgan fingerprint density at radius 2 is 2.06 bits per heavy atom. The van der Waals surface area contributed by atoms with Crippen LogP contribution in [0, 0.1) is 6.92 Å². The number of fused-ring (bicyclic) bond motifs is 1. The summed E-state index contributed by atoms with van der Waals surface area (Å²) in [5.74, 6) is 1.18. The lowest BCUT2D eigenvalue weighted by Gasteiger charge is -2.29.